The van der Waals surface area contributed by atoms with E-state index in [0.29, 0.717) is 30.4 Å². The van der Waals surface area contributed by atoms with Crippen LogP contribution in [0.25, 0.3) is 0 Å². The number of guanidine groups is 1. The Bertz CT molecular complexity index is 926. The van der Waals surface area contributed by atoms with Crippen LogP contribution in [0.1, 0.15) is 30.5 Å². The Hall–Kier alpha value is -1.24. The van der Waals surface area contributed by atoms with Gasteiger partial charge in [-0.2, -0.15) is 4.31 Å². The normalized spacial score (nSPS) is 16.0. The summed E-state index contributed by atoms with van der Waals surface area (Å²) in [4.78, 5) is 9.58. The number of piperidine rings is 1. The number of sulfonamides is 1. The van der Waals surface area contributed by atoms with E-state index in [1.165, 1.54) is 0 Å². The van der Waals surface area contributed by atoms with E-state index >= 15 is 0 Å². The molecule has 1 aromatic heterocycles. The molecule has 7 nitrogen and oxygen atoms in total. The number of rotatable bonds is 8. The van der Waals surface area contributed by atoms with Crippen LogP contribution in [0.2, 0.25) is 0 Å². The van der Waals surface area contributed by atoms with Gasteiger partial charge in [0.15, 0.2) is 5.96 Å². The van der Waals surface area contributed by atoms with Crippen LogP contribution in [0.4, 0.5) is 0 Å². The summed E-state index contributed by atoms with van der Waals surface area (Å²) < 4.78 is 27.1. The van der Waals surface area contributed by atoms with Gasteiger partial charge in [-0.3, -0.25) is 4.99 Å². The van der Waals surface area contributed by atoms with Crippen molar-refractivity contribution in [1.82, 2.24) is 19.9 Å². The molecule has 0 atom stereocenters. The van der Waals surface area contributed by atoms with Gasteiger partial charge >= 0.3 is 0 Å². The van der Waals surface area contributed by atoms with Crippen LogP contribution < -0.4 is 10.6 Å². The first-order chi connectivity index (χ1) is 14.5. The first-order valence-electron chi connectivity index (χ1n) is 10.5. The van der Waals surface area contributed by atoms with Crippen LogP contribution in [0.5, 0.6) is 0 Å². The number of benzene rings is 1. The molecule has 172 valence electrons. The van der Waals surface area contributed by atoms with Crippen molar-refractivity contribution in [1.29, 1.82) is 0 Å². The van der Waals surface area contributed by atoms with Gasteiger partial charge in [-0.1, -0.05) is 18.2 Å². The minimum atomic E-state index is -3.39. The van der Waals surface area contributed by atoms with Gasteiger partial charge in [0, 0.05) is 44.5 Å². The Balaban J connectivity index is 0.00000341. The average Bonchev–Trinajstić information content (AvgIpc) is 3.18. The predicted molar refractivity (Wildman–Crippen MR) is 138 cm³/mol. The van der Waals surface area contributed by atoms with Crippen molar-refractivity contribution in [3.8, 4) is 0 Å². The second-order valence-corrected chi connectivity index (χ2v) is 10.4. The lowest BCUT2D eigenvalue weighted by atomic mass is 9.98. The smallest absolute Gasteiger partial charge is 0.243 e. The molecular weight excluding hydrogens is 545 g/mol. The molecule has 0 radical (unpaired) electrons. The zero-order chi connectivity index (χ0) is 21.4. The van der Waals surface area contributed by atoms with Gasteiger partial charge in [-0.15, -0.1) is 35.3 Å². The number of hydrogen-bond acceptors (Lipinski definition) is 5. The van der Waals surface area contributed by atoms with Crippen LogP contribution in [0, 0.1) is 12.8 Å². The molecule has 1 saturated heterocycles. The molecule has 2 aromatic rings. The summed E-state index contributed by atoms with van der Waals surface area (Å²) in [6.45, 7) is 7.44. The van der Waals surface area contributed by atoms with E-state index in [0.717, 1.165) is 49.0 Å². The molecule has 2 heterocycles. The van der Waals surface area contributed by atoms with Crippen molar-refractivity contribution < 1.29 is 8.42 Å². The fraction of sp³-hybridized carbons (Fsp3) is 0.524. The van der Waals surface area contributed by atoms with Gasteiger partial charge < -0.3 is 10.6 Å². The van der Waals surface area contributed by atoms with Gasteiger partial charge in [-0.25, -0.2) is 13.4 Å². The lowest BCUT2D eigenvalue weighted by Gasteiger charge is -2.30. The molecule has 0 bridgehead atoms. The Morgan fingerprint density at radius 3 is 2.55 bits per heavy atom. The summed E-state index contributed by atoms with van der Waals surface area (Å²) in [6, 6.07) is 8.68. The molecule has 0 saturated carbocycles. The summed E-state index contributed by atoms with van der Waals surface area (Å²) in [5.74, 6) is 1.20. The molecule has 10 heteroatoms. The van der Waals surface area contributed by atoms with Gasteiger partial charge in [0.2, 0.25) is 10.0 Å². The standard InChI is InChI=1S/C21H31N5O2S2.HI/c1-3-22-21(23-12-9-19-16-29-17(2)25-19)24-15-18-10-13-26(14-11-18)30(27,28)20-7-5-4-6-8-20;/h4-8,16,18H,3,9-15H2,1-2H3,(H2,22,23,24);1H. The largest absolute Gasteiger partial charge is 0.357 e. The lowest BCUT2D eigenvalue weighted by Crippen LogP contribution is -2.40. The molecule has 1 aliphatic rings. The molecule has 0 amide bonds. The SMILES string of the molecule is CCNC(=NCC1CCN(S(=O)(=O)c2ccccc2)CC1)NCCc1csc(C)n1.I. The highest BCUT2D eigenvalue weighted by atomic mass is 127. The zero-order valence-corrected chi connectivity index (χ0v) is 22.0. The van der Waals surface area contributed by atoms with E-state index < -0.39 is 10.0 Å². The summed E-state index contributed by atoms with van der Waals surface area (Å²) in [5.41, 5.74) is 1.10. The van der Waals surface area contributed by atoms with E-state index in [2.05, 4.69) is 21.0 Å². The van der Waals surface area contributed by atoms with Gasteiger partial charge in [0.25, 0.3) is 0 Å². The maximum absolute atomic E-state index is 12.8. The second-order valence-electron chi connectivity index (χ2n) is 7.41. The number of aryl methyl sites for hydroxylation is 1. The predicted octanol–water partition coefficient (Wildman–Crippen LogP) is 3.27. The summed E-state index contributed by atoms with van der Waals surface area (Å²) in [7, 11) is -3.39. The average molecular weight is 578 g/mol. The van der Waals surface area contributed by atoms with Gasteiger partial charge in [-0.05, 0) is 44.7 Å². The second kappa shape index (κ2) is 12.7. The van der Waals surface area contributed by atoms with Crippen molar-refractivity contribution in [3.05, 3.63) is 46.4 Å². The highest BCUT2D eigenvalue weighted by molar-refractivity contribution is 14.0. The van der Waals surface area contributed by atoms with Crippen LogP contribution in [0.15, 0.2) is 45.6 Å². The summed E-state index contributed by atoms with van der Waals surface area (Å²) in [5, 5.41) is 9.84. The molecule has 2 N–H and O–H groups in total. The van der Waals surface area contributed by atoms with E-state index in [9.17, 15) is 8.42 Å². The molecule has 1 aliphatic heterocycles. The molecule has 1 fully saturated rings. The number of thiazole rings is 1. The van der Waals surface area contributed by atoms with Gasteiger partial charge in [0.05, 0.1) is 15.6 Å². The topological polar surface area (TPSA) is 86.7 Å². The van der Waals surface area contributed by atoms with Crippen LogP contribution in [-0.2, 0) is 16.4 Å². The molecule has 1 aromatic carbocycles. The van der Waals surface area contributed by atoms with Crippen molar-refractivity contribution >= 4 is 51.3 Å². The number of aliphatic imine (C=N–C) groups is 1. The lowest BCUT2D eigenvalue weighted by molar-refractivity contribution is 0.278. The fourth-order valence-corrected chi connectivity index (χ4v) is 5.61. The minimum Gasteiger partial charge on any atom is -0.357 e. The third-order valence-corrected chi connectivity index (χ3v) is 7.88. The molecule has 0 unspecified atom stereocenters. The highest BCUT2D eigenvalue weighted by Gasteiger charge is 2.29. The quantitative estimate of drug-likeness (QED) is 0.286. The zero-order valence-electron chi connectivity index (χ0n) is 18.1. The number of aromatic nitrogens is 1. The third kappa shape index (κ3) is 7.69. The van der Waals surface area contributed by atoms with Crippen LogP contribution >= 0.6 is 35.3 Å². The Kier molecular flexibility index (Phi) is 10.7. The van der Waals surface area contributed by atoms with Crippen LogP contribution in [-0.4, -0.2) is 56.4 Å². The van der Waals surface area contributed by atoms with E-state index in [-0.39, 0.29) is 24.0 Å². The maximum atomic E-state index is 12.8. The molecule has 0 spiro atoms. The number of nitrogens with one attached hydrogen (secondary N) is 2. The Morgan fingerprint density at radius 1 is 1.23 bits per heavy atom. The first-order valence-corrected chi connectivity index (χ1v) is 12.8. The van der Waals surface area contributed by atoms with Gasteiger partial charge in [0.1, 0.15) is 0 Å². The molecule has 3 rings (SSSR count). The Labute approximate surface area is 206 Å². The van der Waals surface area contributed by atoms with Crippen molar-refractivity contribution in [3.63, 3.8) is 0 Å². The molecular formula is C21H32IN5O2S2. The van der Waals surface area contributed by atoms with E-state index in [1.807, 2.05) is 19.9 Å². The maximum Gasteiger partial charge on any atom is 0.243 e. The van der Waals surface area contributed by atoms with Crippen molar-refractivity contribution in [2.24, 2.45) is 10.9 Å². The summed E-state index contributed by atoms with van der Waals surface area (Å²) in [6.07, 6.45) is 2.52. The molecule has 31 heavy (non-hydrogen) atoms. The minimum absolute atomic E-state index is 0. The van der Waals surface area contributed by atoms with Crippen molar-refractivity contribution in [2.45, 2.75) is 38.0 Å². The van der Waals surface area contributed by atoms with Crippen molar-refractivity contribution in [2.75, 3.05) is 32.7 Å². The first kappa shape index (κ1) is 26.0. The monoisotopic (exact) mass is 577 g/mol. The number of hydrogen-bond donors (Lipinski definition) is 2. The van der Waals surface area contributed by atoms with E-state index in [1.54, 1.807) is 39.9 Å². The third-order valence-electron chi connectivity index (χ3n) is 5.15. The number of halogens is 1. The van der Waals surface area contributed by atoms with E-state index in [4.69, 9.17) is 4.99 Å². The summed E-state index contributed by atoms with van der Waals surface area (Å²) >= 11 is 1.67. The Morgan fingerprint density at radius 2 is 1.94 bits per heavy atom. The number of nitrogens with zero attached hydrogens (tertiary/aromatic N) is 3. The fourth-order valence-electron chi connectivity index (χ4n) is 3.47. The van der Waals surface area contributed by atoms with Crippen LogP contribution in [0.3, 0.4) is 0 Å². The molecule has 0 aliphatic carbocycles. The highest BCUT2D eigenvalue weighted by Crippen LogP contribution is 2.23.